The molecular formula is C18H17ClN2O4. The topological polar surface area (TPSA) is 76.7 Å². The fourth-order valence-electron chi connectivity index (χ4n) is 2.43. The third kappa shape index (κ3) is 4.03. The van der Waals surface area contributed by atoms with Gasteiger partial charge in [0.2, 0.25) is 12.7 Å². The van der Waals surface area contributed by atoms with Gasteiger partial charge in [-0.05, 0) is 36.8 Å². The van der Waals surface area contributed by atoms with Crippen molar-refractivity contribution in [2.75, 3.05) is 17.4 Å². The number of hydrogen-bond donors (Lipinski definition) is 2. The molecule has 0 unspecified atom stereocenters. The minimum absolute atomic E-state index is 0.0615. The van der Waals surface area contributed by atoms with E-state index in [1.54, 1.807) is 30.3 Å². The van der Waals surface area contributed by atoms with E-state index in [9.17, 15) is 9.59 Å². The Balaban J connectivity index is 1.73. The van der Waals surface area contributed by atoms with E-state index in [1.165, 1.54) is 6.07 Å². The Kier molecular flexibility index (Phi) is 5.09. The molecule has 0 bridgehead atoms. The van der Waals surface area contributed by atoms with Crippen LogP contribution in [-0.4, -0.2) is 18.6 Å². The summed E-state index contributed by atoms with van der Waals surface area (Å²) in [4.78, 5) is 24.1. The quantitative estimate of drug-likeness (QED) is 0.843. The van der Waals surface area contributed by atoms with E-state index in [0.29, 0.717) is 39.9 Å². The van der Waals surface area contributed by atoms with E-state index in [1.807, 2.05) is 6.92 Å². The zero-order valence-corrected chi connectivity index (χ0v) is 14.4. The van der Waals surface area contributed by atoms with Gasteiger partial charge in [-0.1, -0.05) is 24.6 Å². The van der Waals surface area contributed by atoms with Gasteiger partial charge in [-0.3, -0.25) is 9.59 Å². The molecule has 25 heavy (non-hydrogen) atoms. The predicted octanol–water partition coefficient (Wildman–Crippen LogP) is 4.06. The molecular weight excluding hydrogens is 344 g/mol. The van der Waals surface area contributed by atoms with Crippen LogP contribution in [0.5, 0.6) is 11.5 Å². The number of amides is 2. The molecule has 0 fully saturated rings. The summed E-state index contributed by atoms with van der Waals surface area (Å²) < 4.78 is 10.5. The number of rotatable bonds is 5. The van der Waals surface area contributed by atoms with Crippen molar-refractivity contribution in [2.24, 2.45) is 0 Å². The third-order valence-corrected chi connectivity index (χ3v) is 3.85. The molecule has 0 radical (unpaired) electrons. The van der Waals surface area contributed by atoms with Gasteiger partial charge in [-0.15, -0.1) is 0 Å². The van der Waals surface area contributed by atoms with Crippen molar-refractivity contribution in [1.29, 1.82) is 0 Å². The minimum Gasteiger partial charge on any atom is -0.454 e. The van der Waals surface area contributed by atoms with Crippen molar-refractivity contribution in [1.82, 2.24) is 0 Å². The number of benzene rings is 2. The van der Waals surface area contributed by atoms with Gasteiger partial charge in [0.15, 0.2) is 11.5 Å². The van der Waals surface area contributed by atoms with Crippen LogP contribution >= 0.6 is 11.6 Å². The van der Waals surface area contributed by atoms with Crippen LogP contribution in [0.3, 0.4) is 0 Å². The monoisotopic (exact) mass is 360 g/mol. The van der Waals surface area contributed by atoms with E-state index in [4.69, 9.17) is 21.1 Å². The number of carbonyl (C=O) groups excluding carboxylic acids is 2. The average Bonchev–Trinajstić information content (AvgIpc) is 3.04. The minimum atomic E-state index is -0.336. The number of halogens is 1. The normalized spacial score (nSPS) is 11.9. The van der Waals surface area contributed by atoms with Crippen LogP contribution in [0, 0.1) is 0 Å². The van der Waals surface area contributed by atoms with E-state index in [2.05, 4.69) is 10.6 Å². The predicted molar refractivity (Wildman–Crippen MR) is 95.5 cm³/mol. The standard InChI is InChI=1S/C18H17ClN2O4/c1-2-4-16(22)20-12-5-3-6-13(9-12)21-18(23)11-7-14(19)17-15(8-11)24-10-25-17/h3,5-9H,2,4,10H2,1H3,(H,20,22)(H,21,23). The van der Waals surface area contributed by atoms with Crippen molar-refractivity contribution in [3.8, 4) is 11.5 Å². The highest BCUT2D eigenvalue weighted by Crippen LogP contribution is 2.39. The van der Waals surface area contributed by atoms with Crippen molar-refractivity contribution in [3.05, 3.63) is 47.0 Å². The van der Waals surface area contributed by atoms with Crippen LogP contribution in [0.1, 0.15) is 30.1 Å². The fourth-order valence-corrected chi connectivity index (χ4v) is 2.69. The summed E-state index contributed by atoms with van der Waals surface area (Å²) in [5, 5.41) is 5.89. The van der Waals surface area contributed by atoms with E-state index < -0.39 is 0 Å². The molecule has 0 spiro atoms. The molecule has 0 atom stereocenters. The molecule has 2 aromatic carbocycles. The molecule has 0 saturated heterocycles. The van der Waals surface area contributed by atoms with Crippen LogP contribution < -0.4 is 20.1 Å². The second-order valence-electron chi connectivity index (χ2n) is 5.52. The van der Waals surface area contributed by atoms with Crippen molar-refractivity contribution in [3.63, 3.8) is 0 Å². The molecule has 130 valence electrons. The maximum Gasteiger partial charge on any atom is 0.255 e. The summed E-state index contributed by atoms with van der Waals surface area (Å²) in [6.45, 7) is 2.02. The van der Waals surface area contributed by atoms with Crippen molar-refractivity contribution >= 4 is 34.8 Å². The van der Waals surface area contributed by atoms with Gasteiger partial charge in [0, 0.05) is 23.4 Å². The Labute approximate surface area is 150 Å². The van der Waals surface area contributed by atoms with Gasteiger partial charge in [0.1, 0.15) is 0 Å². The van der Waals surface area contributed by atoms with Gasteiger partial charge in [0.25, 0.3) is 5.91 Å². The molecule has 2 N–H and O–H groups in total. The third-order valence-electron chi connectivity index (χ3n) is 3.57. The molecule has 0 saturated carbocycles. The largest absolute Gasteiger partial charge is 0.454 e. The average molecular weight is 361 g/mol. The molecule has 2 aromatic rings. The highest BCUT2D eigenvalue weighted by Gasteiger charge is 2.20. The number of ether oxygens (including phenoxy) is 2. The summed E-state index contributed by atoms with van der Waals surface area (Å²) in [5.41, 5.74) is 1.54. The van der Waals surface area contributed by atoms with Gasteiger partial charge in [-0.2, -0.15) is 0 Å². The van der Waals surface area contributed by atoms with Crippen molar-refractivity contribution < 1.29 is 19.1 Å². The first-order valence-electron chi connectivity index (χ1n) is 7.87. The first-order valence-corrected chi connectivity index (χ1v) is 8.25. The second-order valence-corrected chi connectivity index (χ2v) is 5.93. The number of anilines is 2. The lowest BCUT2D eigenvalue weighted by atomic mass is 10.1. The van der Waals surface area contributed by atoms with Gasteiger partial charge in [0.05, 0.1) is 5.02 Å². The molecule has 3 rings (SSSR count). The number of hydrogen-bond acceptors (Lipinski definition) is 4. The van der Waals surface area contributed by atoms with Crippen LogP contribution in [-0.2, 0) is 4.79 Å². The Bertz CT molecular complexity index is 823. The summed E-state index contributed by atoms with van der Waals surface area (Å²) in [6.07, 6.45) is 1.22. The molecule has 1 aliphatic heterocycles. The Hall–Kier alpha value is -2.73. The summed E-state index contributed by atoms with van der Waals surface area (Å²) in [6, 6.07) is 10.1. The molecule has 0 aromatic heterocycles. The van der Waals surface area contributed by atoms with Crippen LogP contribution in [0.2, 0.25) is 5.02 Å². The number of carbonyl (C=O) groups is 2. The molecule has 0 aliphatic carbocycles. The number of fused-ring (bicyclic) bond motifs is 1. The molecule has 1 heterocycles. The lowest BCUT2D eigenvalue weighted by molar-refractivity contribution is -0.116. The highest BCUT2D eigenvalue weighted by atomic mass is 35.5. The van der Waals surface area contributed by atoms with Crippen molar-refractivity contribution in [2.45, 2.75) is 19.8 Å². The van der Waals surface area contributed by atoms with Gasteiger partial charge >= 0.3 is 0 Å². The molecule has 2 amide bonds. The SMILES string of the molecule is CCCC(=O)Nc1cccc(NC(=O)c2cc(Cl)c3c(c2)OCO3)c1. The lowest BCUT2D eigenvalue weighted by Crippen LogP contribution is -2.13. The fraction of sp³-hybridized carbons (Fsp3) is 0.222. The second kappa shape index (κ2) is 7.44. The van der Waals surface area contributed by atoms with Crippen LogP contribution in [0.4, 0.5) is 11.4 Å². The Morgan fingerprint density at radius 1 is 1.12 bits per heavy atom. The van der Waals surface area contributed by atoms with E-state index >= 15 is 0 Å². The van der Waals surface area contributed by atoms with E-state index in [0.717, 1.165) is 6.42 Å². The zero-order valence-electron chi connectivity index (χ0n) is 13.6. The van der Waals surface area contributed by atoms with E-state index in [-0.39, 0.29) is 18.6 Å². The smallest absolute Gasteiger partial charge is 0.255 e. The van der Waals surface area contributed by atoms with Crippen LogP contribution in [0.25, 0.3) is 0 Å². The molecule has 6 nitrogen and oxygen atoms in total. The summed E-state index contributed by atoms with van der Waals surface area (Å²) >= 11 is 6.10. The first-order chi connectivity index (χ1) is 12.1. The number of nitrogens with one attached hydrogen (secondary N) is 2. The maximum atomic E-state index is 12.4. The Morgan fingerprint density at radius 3 is 2.64 bits per heavy atom. The Morgan fingerprint density at radius 2 is 1.88 bits per heavy atom. The highest BCUT2D eigenvalue weighted by molar-refractivity contribution is 6.32. The summed E-state index contributed by atoms with van der Waals surface area (Å²) in [5.74, 6) is 0.489. The summed E-state index contributed by atoms with van der Waals surface area (Å²) in [7, 11) is 0. The van der Waals surface area contributed by atoms with Gasteiger partial charge < -0.3 is 20.1 Å². The zero-order chi connectivity index (χ0) is 17.8. The van der Waals surface area contributed by atoms with Gasteiger partial charge in [-0.25, -0.2) is 0 Å². The lowest BCUT2D eigenvalue weighted by Gasteiger charge is -2.09. The maximum absolute atomic E-state index is 12.4. The van der Waals surface area contributed by atoms with Crippen LogP contribution in [0.15, 0.2) is 36.4 Å². The molecule has 1 aliphatic rings. The molecule has 7 heteroatoms. The first kappa shape index (κ1) is 17.1.